The van der Waals surface area contributed by atoms with E-state index in [9.17, 15) is 4.39 Å². The number of fused-ring (bicyclic) bond motifs is 1. The van der Waals surface area contributed by atoms with Crippen LogP contribution in [0, 0.1) is 12.7 Å². The monoisotopic (exact) mass is 369 g/mol. The molecule has 0 unspecified atom stereocenters. The summed E-state index contributed by atoms with van der Waals surface area (Å²) in [5.74, 6) is 1.29. The van der Waals surface area contributed by atoms with E-state index in [0.717, 1.165) is 54.0 Å². The van der Waals surface area contributed by atoms with Gasteiger partial charge in [0, 0.05) is 30.9 Å². The predicted molar refractivity (Wildman–Crippen MR) is 104 cm³/mol. The van der Waals surface area contributed by atoms with Crippen molar-refractivity contribution >= 4 is 16.8 Å². The quantitative estimate of drug-likeness (QED) is 0.735. The maximum Gasteiger partial charge on any atom is 0.209 e. The fourth-order valence-corrected chi connectivity index (χ4v) is 3.69. The Balaban J connectivity index is 1.33. The second-order valence-corrected chi connectivity index (χ2v) is 7.01. The van der Waals surface area contributed by atoms with E-state index < -0.39 is 0 Å². The molecule has 1 aliphatic heterocycles. The zero-order chi connectivity index (χ0) is 18.8. The highest BCUT2D eigenvalue weighted by Crippen LogP contribution is 2.25. The van der Waals surface area contributed by atoms with Crippen molar-refractivity contribution in [1.82, 2.24) is 10.3 Å². The first-order valence-electron chi connectivity index (χ1n) is 9.30. The van der Waals surface area contributed by atoms with Gasteiger partial charge in [-0.2, -0.15) is 0 Å². The lowest BCUT2D eigenvalue weighted by Gasteiger charge is -2.34. The molecule has 2 aromatic carbocycles. The van der Waals surface area contributed by atoms with Gasteiger partial charge in [-0.05, 0) is 55.7 Å². The number of piperidine rings is 1. The van der Waals surface area contributed by atoms with E-state index in [1.54, 1.807) is 13.2 Å². The summed E-state index contributed by atoms with van der Waals surface area (Å²) in [6, 6.07) is 11.1. The first-order valence-corrected chi connectivity index (χ1v) is 9.30. The number of benzene rings is 2. The number of hydrogen-bond donors (Lipinski definition) is 1. The van der Waals surface area contributed by atoms with Crippen molar-refractivity contribution in [3.8, 4) is 5.75 Å². The molecule has 2 heterocycles. The van der Waals surface area contributed by atoms with Crippen molar-refractivity contribution in [2.45, 2.75) is 32.4 Å². The Morgan fingerprint density at radius 1 is 1.22 bits per heavy atom. The SMILES string of the molecule is COc1ccc2oc(CNC3CCN(c4ccc(F)cc4C)CC3)nc2c1. The summed E-state index contributed by atoms with van der Waals surface area (Å²) in [6.07, 6.45) is 2.07. The van der Waals surface area contributed by atoms with Gasteiger partial charge in [0.2, 0.25) is 5.89 Å². The van der Waals surface area contributed by atoms with E-state index in [-0.39, 0.29) is 5.82 Å². The number of nitrogens with zero attached hydrogens (tertiary/aromatic N) is 2. The van der Waals surface area contributed by atoms with Crippen molar-refractivity contribution in [3.63, 3.8) is 0 Å². The number of aryl methyl sites for hydroxylation is 1. The van der Waals surface area contributed by atoms with Gasteiger partial charge in [-0.25, -0.2) is 9.37 Å². The Hall–Kier alpha value is -2.60. The van der Waals surface area contributed by atoms with Crippen LogP contribution in [0.25, 0.3) is 11.1 Å². The maximum atomic E-state index is 13.3. The molecule has 0 amide bonds. The van der Waals surface area contributed by atoms with Gasteiger partial charge in [0.15, 0.2) is 5.58 Å². The lowest BCUT2D eigenvalue weighted by molar-refractivity contribution is 0.388. The molecule has 1 aromatic heterocycles. The van der Waals surface area contributed by atoms with Crippen LogP contribution in [0.4, 0.5) is 10.1 Å². The van der Waals surface area contributed by atoms with Crippen LogP contribution in [-0.4, -0.2) is 31.2 Å². The Kier molecular flexibility index (Phi) is 4.99. The van der Waals surface area contributed by atoms with Crippen LogP contribution in [0.5, 0.6) is 5.75 Å². The van der Waals surface area contributed by atoms with Crippen molar-refractivity contribution in [3.05, 3.63) is 53.7 Å². The highest BCUT2D eigenvalue weighted by Gasteiger charge is 2.21. The van der Waals surface area contributed by atoms with Gasteiger partial charge < -0.3 is 19.4 Å². The third-order valence-corrected chi connectivity index (χ3v) is 5.18. The van der Waals surface area contributed by atoms with Crippen LogP contribution in [-0.2, 0) is 6.54 Å². The lowest BCUT2D eigenvalue weighted by Crippen LogP contribution is -2.42. The third kappa shape index (κ3) is 3.90. The summed E-state index contributed by atoms with van der Waals surface area (Å²) in [4.78, 5) is 6.87. The van der Waals surface area contributed by atoms with E-state index in [2.05, 4.69) is 15.2 Å². The van der Waals surface area contributed by atoms with E-state index >= 15 is 0 Å². The number of halogens is 1. The minimum absolute atomic E-state index is 0.177. The summed E-state index contributed by atoms with van der Waals surface area (Å²) >= 11 is 0. The van der Waals surface area contributed by atoms with Crippen molar-refractivity contribution in [2.24, 2.45) is 0 Å². The number of ether oxygens (including phenoxy) is 1. The van der Waals surface area contributed by atoms with E-state index in [0.29, 0.717) is 18.5 Å². The fourth-order valence-electron chi connectivity index (χ4n) is 3.69. The number of oxazole rings is 1. The summed E-state index contributed by atoms with van der Waals surface area (Å²) in [5, 5.41) is 3.55. The molecule has 0 bridgehead atoms. The molecule has 1 N–H and O–H groups in total. The predicted octanol–water partition coefficient (Wildman–Crippen LogP) is 4.04. The molecule has 0 radical (unpaired) electrons. The summed E-state index contributed by atoms with van der Waals surface area (Å²) in [5.41, 5.74) is 3.70. The number of methoxy groups -OCH3 is 1. The van der Waals surface area contributed by atoms with Crippen molar-refractivity contribution in [1.29, 1.82) is 0 Å². The molecule has 0 spiro atoms. The summed E-state index contributed by atoms with van der Waals surface area (Å²) in [7, 11) is 1.64. The minimum Gasteiger partial charge on any atom is -0.497 e. The van der Waals surface area contributed by atoms with Crippen LogP contribution >= 0.6 is 0 Å². The average Bonchev–Trinajstić information content (AvgIpc) is 3.09. The van der Waals surface area contributed by atoms with Crippen molar-refractivity contribution in [2.75, 3.05) is 25.1 Å². The van der Waals surface area contributed by atoms with Crippen LogP contribution in [0.2, 0.25) is 0 Å². The number of aromatic nitrogens is 1. The minimum atomic E-state index is -0.177. The molecule has 4 rings (SSSR count). The molecule has 1 saturated heterocycles. The molecule has 5 nitrogen and oxygen atoms in total. The first-order chi connectivity index (χ1) is 13.1. The van der Waals surface area contributed by atoms with Crippen LogP contribution < -0.4 is 15.0 Å². The lowest BCUT2D eigenvalue weighted by atomic mass is 10.0. The molecule has 1 fully saturated rings. The normalized spacial score (nSPS) is 15.4. The molecule has 6 heteroatoms. The number of anilines is 1. The fraction of sp³-hybridized carbons (Fsp3) is 0.381. The zero-order valence-corrected chi connectivity index (χ0v) is 15.7. The third-order valence-electron chi connectivity index (χ3n) is 5.18. The highest BCUT2D eigenvalue weighted by molar-refractivity contribution is 5.74. The molecule has 142 valence electrons. The van der Waals surface area contributed by atoms with Gasteiger partial charge in [0.1, 0.15) is 17.1 Å². The Labute approximate surface area is 158 Å². The molecule has 1 aliphatic rings. The van der Waals surface area contributed by atoms with Gasteiger partial charge in [0.25, 0.3) is 0 Å². The first kappa shape index (κ1) is 17.8. The zero-order valence-electron chi connectivity index (χ0n) is 15.7. The Bertz CT molecular complexity index is 932. The van der Waals surface area contributed by atoms with Crippen molar-refractivity contribution < 1.29 is 13.5 Å². The van der Waals surface area contributed by atoms with Gasteiger partial charge in [-0.15, -0.1) is 0 Å². The Morgan fingerprint density at radius 3 is 2.78 bits per heavy atom. The van der Waals surface area contributed by atoms with Crippen LogP contribution in [0.15, 0.2) is 40.8 Å². The van der Waals surface area contributed by atoms with Gasteiger partial charge in [-0.3, -0.25) is 0 Å². The van der Waals surface area contributed by atoms with Crippen LogP contribution in [0.1, 0.15) is 24.3 Å². The average molecular weight is 369 g/mol. The van der Waals surface area contributed by atoms with Crippen LogP contribution in [0.3, 0.4) is 0 Å². The van der Waals surface area contributed by atoms with Gasteiger partial charge >= 0.3 is 0 Å². The Morgan fingerprint density at radius 2 is 2.04 bits per heavy atom. The van der Waals surface area contributed by atoms with E-state index in [4.69, 9.17) is 9.15 Å². The highest BCUT2D eigenvalue weighted by atomic mass is 19.1. The molecule has 27 heavy (non-hydrogen) atoms. The molecule has 0 aliphatic carbocycles. The largest absolute Gasteiger partial charge is 0.497 e. The van der Waals surface area contributed by atoms with E-state index in [1.807, 2.05) is 31.2 Å². The van der Waals surface area contributed by atoms with E-state index in [1.165, 1.54) is 6.07 Å². The smallest absolute Gasteiger partial charge is 0.209 e. The number of hydrogen-bond acceptors (Lipinski definition) is 5. The number of rotatable bonds is 5. The topological polar surface area (TPSA) is 50.5 Å². The maximum absolute atomic E-state index is 13.3. The summed E-state index contributed by atoms with van der Waals surface area (Å²) in [6.45, 7) is 4.48. The molecule has 3 aromatic rings. The molecular weight excluding hydrogens is 345 g/mol. The molecular formula is C21H24FN3O2. The van der Waals surface area contributed by atoms with Gasteiger partial charge in [-0.1, -0.05) is 0 Å². The van der Waals surface area contributed by atoms with Gasteiger partial charge in [0.05, 0.1) is 13.7 Å². The standard InChI is InChI=1S/C21H24FN3O2/c1-14-11-15(22)3-5-19(14)25-9-7-16(8-10-25)23-13-21-24-18-12-17(26-2)4-6-20(18)27-21/h3-6,11-12,16,23H,7-10,13H2,1-2H3. The summed E-state index contributed by atoms with van der Waals surface area (Å²) < 4.78 is 24.3. The number of nitrogens with one attached hydrogen (secondary N) is 1. The molecule has 0 atom stereocenters. The second-order valence-electron chi connectivity index (χ2n) is 7.01. The second kappa shape index (κ2) is 7.56. The molecule has 0 saturated carbocycles.